The van der Waals surface area contributed by atoms with Crippen LogP contribution in [-0.2, 0) is 20.7 Å². The summed E-state index contributed by atoms with van der Waals surface area (Å²) in [6.45, 7) is 1.70. The number of hydrogen-bond acceptors (Lipinski definition) is 3. The molecule has 158 valence electrons. The first-order valence-electron chi connectivity index (χ1n) is 10.8. The molecule has 2 aliphatic heterocycles. The Morgan fingerprint density at radius 3 is 2.53 bits per heavy atom. The van der Waals surface area contributed by atoms with Crippen molar-refractivity contribution in [3.63, 3.8) is 0 Å². The van der Waals surface area contributed by atoms with Crippen molar-refractivity contribution in [2.24, 2.45) is 5.41 Å². The summed E-state index contributed by atoms with van der Waals surface area (Å²) in [5, 5.41) is 0. The Labute approximate surface area is 178 Å². The molecule has 4 rings (SSSR count). The fourth-order valence-electron chi connectivity index (χ4n) is 4.84. The van der Waals surface area contributed by atoms with Gasteiger partial charge in [0.25, 0.3) is 5.91 Å². The fraction of sp³-hybridized carbons (Fsp3) is 0.440. The first-order valence-corrected chi connectivity index (χ1v) is 10.8. The zero-order chi connectivity index (χ0) is 21.1. The van der Waals surface area contributed by atoms with Crippen LogP contribution < -0.4 is 0 Å². The van der Waals surface area contributed by atoms with E-state index in [1.807, 2.05) is 35.2 Å². The minimum Gasteiger partial charge on any atom is -0.368 e. The number of nitrogens with zero attached hydrogens (tertiary/aromatic N) is 2. The molecule has 30 heavy (non-hydrogen) atoms. The minimum atomic E-state index is -0.608. The third-order valence-corrected chi connectivity index (χ3v) is 6.36. The van der Waals surface area contributed by atoms with E-state index in [0.29, 0.717) is 32.5 Å². The number of carbonyl (C=O) groups is 2. The summed E-state index contributed by atoms with van der Waals surface area (Å²) in [6.07, 6.45) is 2.65. The molecule has 2 aromatic carbocycles. The van der Waals surface area contributed by atoms with Crippen LogP contribution in [-0.4, -0.2) is 61.5 Å². The highest BCUT2D eigenvalue weighted by Crippen LogP contribution is 2.39. The van der Waals surface area contributed by atoms with Crippen molar-refractivity contribution in [3.05, 3.63) is 60.2 Å². The average Bonchev–Trinajstić information content (AvgIpc) is 3.45. The Hall–Kier alpha value is -2.66. The van der Waals surface area contributed by atoms with Crippen molar-refractivity contribution in [1.82, 2.24) is 9.80 Å². The number of rotatable bonds is 5. The van der Waals surface area contributed by atoms with E-state index in [1.54, 1.807) is 19.0 Å². The van der Waals surface area contributed by atoms with Crippen LogP contribution in [0.1, 0.15) is 24.8 Å². The zero-order valence-electron chi connectivity index (χ0n) is 17.8. The monoisotopic (exact) mass is 406 g/mol. The Morgan fingerprint density at radius 1 is 1.10 bits per heavy atom. The van der Waals surface area contributed by atoms with Crippen molar-refractivity contribution in [2.45, 2.75) is 31.8 Å². The van der Waals surface area contributed by atoms with Crippen molar-refractivity contribution in [3.8, 4) is 11.1 Å². The van der Waals surface area contributed by atoms with Crippen LogP contribution in [0.2, 0.25) is 0 Å². The largest absolute Gasteiger partial charge is 0.368 e. The maximum atomic E-state index is 13.4. The predicted molar refractivity (Wildman–Crippen MR) is 117 cm³/mol. The molecule has 2 aliphatic rings. The molecule has 2 heterocycles. The van der Waals surface area contributed by atoms with Gasteiger partial charge in [-0.1, -0.05) is 54.6 Å². The van der Waals surface area contributed by atoms with E-state index >= 15 is 0 Å². The molecule has 0 aromatic heterocycles. The molecular weight excluding hydrogens is 376 g/mol. The van der Waals surface area contributed by atoms with Gasteiger partial charge in [0.15, 0.2) is 0 Å². The molecule has 2 atom stereocenters. The van der Waals surface area contributed by atoms with Crippen LogP contribution in [0.3, 0.4) is 0 Å². The van der Waals surface area contributed by atoms with Crippen LogP contribution in [0, 0.1) is 5.41 Å². The molecule has 0 radical (unpaired) electrons. The number of hydrogen-bond donors (Lipinski definition) is 0. The molecular formula is C25H30N2O3. The van der Waals surface area contributed by atoms with E-state index in [0.717, 1.165) is 29.5 Å². The van der Waals surface area contributed by atoms with Gasteiger partial charge in [0.05, 0.1) is 5.41 Å². The molecule has 2 fully saturated rings. The lowest BCUT2D eigenvalue weighted by Gasteiger charge is -2.32. The van der Waals surface area contributed by atoms with Gasteiger partial charge in [0.1, 0.15) is 6.10 Å². The molecule has 5 heteroatoms. The van der Waals surface area contributed by atoms with E-state index in [1.165, 1.54) is 0 Å². The second-order valence-electron chi connectivity index (χ2n) is 8.69. The van der Waals surface area contributed by atoms with Crippen molar-refractivity contribution < 1.29 is 14.3 Å². The van der Waals surface area contributed by atoms with E-state index < -0.39 is 5.41 Å². The van der Waals surface area contributed by atoms with Crippen LogP contribution >= 0.6 is 0 Å². The number of carbonyl (C=O) groups excluding carboxylic acids is 2. The maximum Gasteiger partial charge on any atom is 0.251 e. The van der Waals surface area contributed by atoms with E-state index in [4.69, 9.17) is 4.74 Å². The molecule has 2 aromatic rings. The summed E-state index contributed by atoms with van der Waals surface area (Å²) in [5.74, 6) is 0.130. The van der Waals surface area contributed by atoms with Gasteiger partial charge in [-0.3, -0.25) is 9.59 Å². The second kappa shape index (κ2) is 8.60. The molecule has 0 bridgehead atoms. The second-order valence-corrected chi connectivity index (χ2v) is 8.69. The van der Waals surface area contributed by atoms with E-state index in [-0.39, 0.29) is 17.9 Å². The van der Waals surface area contributed by atoms with Crippen LogP contribution in [0.4, 0.5) is 0 Å². The topological polar surface area (TPSA) is 49.9 Å². The molecule has 0 aliphatic carbocycles. The molecule has 0 spiro atoms. The van der Waals surface area contributed by atoms with Gasteiger partial charge < -0.3 is 14.5 Å². The summed E-state index contributed by atoms with van der Waals surface area (Å²) in [6, 6.07) is 18.6. The maximum absolute atomic E-state index is 13.4. The van der Waals surface area contributed by atoms with Crippen molar-refractivity contribution in [1.29, 1.82) is 0 Å². The predicted octanol–water partition coefficient (Wildman–Crippen LogP) is 3.38. The Bertz CT molecular complexity index is 906. The van der Waals surface area contributed by atoms with Gasteiger partial charge in [-0.2, -0.15) is 0 Å². The Morgan fingerprint density at radius 2 is 1.83 bits per heavy atom. The SMILES string of the molecule is CN(C)C(=O)[C@]1(Cc2ccccc2-c2ccccc2)CCN(C(=O)[C@H]2CCCO2)C1. The number of amides is 2. The lowest BCUT2D eigenvalue weighted by atomic mass is 9.77. The van der Waals surface area contributed by atoms with Gasteiger partial charge in [-0.05, 0) is 42.4 Å². The highest BCUT2D eigenvalue weighted by atomic mass is 16.5. The normalized spacial score (nSPS) is 23.5. The lowest BCUT2D eigenvalue weighted by molar-refractivity contribution is -0.142. The summed E-state index contributed by atoms with van der Waals surface area (Å²) in [4.78, 5) is 29.8. The third kappa shape index (κ3) is 3.99. The smallest absolute Gasteiger partial charge is 0.251 e. The quantitative estimate of drug-likeness (QED) is 0.765. The third-order valence-electron chi connectivity index (χ3n) is 6.36. The summed E-state index contributed by atoms with van der Waals surface area (Å²) in [5.41, 5.74) is 2.83. The van der Waals surface area contributed by atoms with Crippen molar-refractivity contribution in [2.75, 3.05) is 33.8 Å². The summed E-state index contributed by atoms with van der Waals surface area (Å²) in [7, 11) is 3.61. The molecule has 2 amide bonds. The molecule has 2 saturated heterocycles. The first-order chi connectivity index (χ1) is 14.5. The molecule has 5 nitrogen and oxygen atoms in total. The zero-order valence-corrected chi connectivity index (χ0v) is 17.8. The standard InChI is InChI=1S/C25H30N2O3/c1-26(2)24(29)25(14-15-27(18-25)23(28)22-13-8-16-30-22)17-20-11-6-7-12-21(20)19-9-4-3-5-10-19/h3-7,9-12,22H,8,13-18H2,1-2H3/t22-,25+/m1/s1. The van der Waals surface area contributed by atoms with Crippen LogP contribution in [0.25, 0.3) is 11.1 Å². The van der Waals surface area contributed by atoms with Gasteiger partial charge >= 0.3 is 0 Å². The Balaban J connectivity index is 1.64. The number of benzene rings is 2. The fourth-order valence-corrected chi connectivity index (χ4v) is 4.84. The highest BCUT2D eigenvalue weighted by Gasteiger charge is 2.48. The highest BCUT2D eigenvalue weighted by molar-refractivity contribution is 5.87. The summed E-state index contributed by atoms with van der Waals surface area (Å²) >= 11 is 0. The number of ether oxygens (including phenoxy) is 1. The molecule has 0 N–H and O–H groups in total. The van der Waals surface area contributed by atoms with Crippen molar-refractivity contribution >= 4 is 11.8 Å². The number of likely N-dealkylation sites (tertiary alicyclic amines) is 1. The summed E-state index contributed by atoms with van der Waals surface area (Å²) < 4.78 is 5.61. The first kappa shape index (κ1) is 20.6. The van der Waals surface area contributed by atoms with E-state index in [2.05, 4.69) is 24.3 Å². The van der Waals surface area contributed by atoms with Gasteiger partial charge in [0, 0.05) is 33.8 Å². The van der Waals surface area contributed by atoms with Gasteiger partial charge in [-0.25, -0.2) is 0 Å². The molecule has 0 unspecified atom stereocenters. The molecule has 0 saturated carbocycles. The minimum absolute atomic E-state index is 0.0391. The van der Waals surface area contributed by atoms with Gasteiger partial charge in [-0.15, -0.1) is 0 Å². The lowest BCUT2D eigenvalue weighted by Crippen LogP contribution is -2.46. The van der Waals surface area contributed by atoms with Crippen LogP contribution in [0.5, 0.6) is 0 Å². The van der Waals surface area contributed by atoms with E-state index in [9.17, 15) is 9.59 Å². The van der Waals surface area contributed by atoms with Gasteiger partial charge in [0.2, 0.25) is 5.91 Å². The average molecular weight is 407 g/mol. The Kier molecular flexibility index (Phi) is 5.91. The van der Waals surface area contributed by atoms with Crippen LogP contribution in [0.15, 0.2) is 54.6 Å².